The number of methoxy groups -OCH3 is 2. The Kier molecular flexibility index (Phi) is 11.8. The van der Waals surface area contributed by atoms with Gasteiger partial charge in [0, 0.05) is 37.4 Å². The second kappa shape index (κ2) is 17.3. The van der Waals surface area contributed by atoms with Crippen molar-refractivity contribution in [2.24, 2.45) is 11.8 Å². The highest BCUT2D eigenvalue weighted by molar-refractivity contribution is 7.99. The van der Waals surface area contributed by atoms with Crippen LogP contribution in [0.2, 0.25) is 0 Å². The zero-order chi connectivity index (χ0) is 41.2. The average molecular weight is 823 g/mol. The normalized spacial score (nSPS) is 19.6. The maximum atomic E-state index is 14.0. The molecule has 59 heavy (non-hydrogen) atoms. The van der Waals surface area contributed by atoms with Crippen molar-refractivity contribution in [3.05, 3.63) is 72.4 Å². The van der Waals surface area contributed by atoms with E-state index in [1.165, 1.54) is 14.2 Å². The van der Waals surface area contributed by atoms with E-state index in [1.807, 2.05) is 31.0 Å². The Morgan fingerprint density at radius 3 is 2.31 bits per heavy atom. The van der Waals surface area contributed by atoms with Crippen molar-refractivity contribution >= 4 is 57.6 Å². The molecule has 3 aliphatic heterocycles. The van der Waals surface area contributed by atoms with E-state index in [4.69, 9.17) is 24.2 Å². The van der Waals surface area contributed by atoms with Crippen LogP contribution in [0.25, 0.3) is 44.2 Å². The molecule has 5 heterocycles. The number of nitrogens with zero attached hydrogens (tertiary/aromatic N) is 4. The molecule has 4 N–H and O–H groups in total. The molecule has 3 fully saturated rings. The number of ether oxygens (including phenoxy) is 3. The molecule has 0 radical (unpaired) electrons. The van der Waals surface area contributed by atoms with Gasteiger partial charge in [-0.2, -0.15) is 0 Å². The van der Waals surface area contributed by atoms with Gasteiger partial charge in [-0.3, -0.25) is 9.59 Å². The van der Waals surface area contributed by atoms with Gasteiger partial charge in [-0.25, -0.2) is 19.6 Å². The minimum Gasteiger partial charge on any atom is -0.453 e. The summed E-state index contributed by atoms with van der Waals surface area (Å²) in [6, 6.07) is 17.1. The van der Waals surface area contributed by atoms with E-state index in [2.05, 4.69) is 69.1 Å². The van der Waals surface area contributed by atoms with Gasteiger partial charge < -0.3 is 44.6 Å². The summed E-state index contributed by atoms with van der Waals surface area (Å²) < 4.78 is 15.2. The number of nitrogens with one attached hydrogen (secondary N) is 4. The highest BCUT2D eigenvalue weighted by atomic mass is 32.2. The quantitative estimate of drug-likeness (QED) is 0.121. The topological polar surface area (TPSA) is 184 Å². The number of imidazole rings is 2. The third-order valence-electron chi connectivity index (χ3n) is 11.7. The van der Waals surface area contributed by atoms with Crippen molar-refractivity contribution in [3.63, 3.8) is 0 Å². The molecule has 16 heteroatoms. The van der Waals surface area contributed by atoms with Crippen LogP contribution in [0.15, 0.2) is 60.8 Å². The number of alkyl carbamates (subject to hydrolysis) is 2. The number of hydrogen-bond acceptors (Lipinski definition) is 10. The van der Waals surface area contributed by atoms with Gasteiger partial charge in [-0.05, 0) is 71.7 Å². The molecule has 3 aliphatic rings. The number of aromatic amines is 2. The van der Waals surface area contributed by atoms with Crippen LogP contribution in [0.3, 0.4) is 0 Å². The molecule has 0 bridgehead atoms. The van der Waals surface area contributed by atoms with Gasteiger partial charge in [0.1, 0.15) is 29.1 Å². The zero-order valence-electron chi connectivity index (χ0n) is 33.7. The van der Waals surface area contributed by atoms with Crippen LogP contribution in [-0.4, -0.2) is 112 Å². The number of fused-ring (bicyclic) bond motifs is 3. The number of rotatable bonds is 10. The van der Waals surface area contributed by atoms with E-state index in [9.17, 15) is 19.2 Å². The smallest absolute Gasteiger partial charge is 0.407 e. The largest absolute Gasteiger partial charge is 0.453 e. The van der Waals surface area contributed by atoms with E-state index < -0.39 is 24.3 Å². The summed E-state index contributed by atoms with van der Waals surface area (Å²) in [6.07, 6.45) is 3.57. The molecule has 5 aromatic rings. The van der Waals surface area contributed by atoms with Crippen molar-refractivity contribution < 1.29 is 33.4 Å². The third-order valence-corrected chi connectivity index (χ3v) is 12.9. The molecule has 3 saturated heterocycles. The summed E-state index contributed by atoms with van der Waals surface area (Å²) in [7, 11) is 2.60. The highest BCUT2D eigenvalue weighted by Gasteiger charge is 2.41. The Morgan fingerprint density at radius 1 is 0.831 bits per heavy atom. The van der Waals surface area contributed by atoms with Crippen LogP contribution < -0.4 is 10.6 Å². The molecule has 8 rings (SSSR count). The fourth-order valence-electron chi connectivity index (χ4n) is 8.52. The first kappa shape index (κ1) is 40.2. The summed E-state index contributed by atoms with van der Waals surface area (Å²) >= 11 is 1.65. The Labute approximate surface area is 346 Å². The first-order valence-corrected chi connectivity index (χ1v) is 21.3. The zero-order valence-corrected chi connectivity index (χ0v) is 34.5. The minimum absolute atomic E-state index is 0.0299. The van der Waals surface area contributed by atoms with Gasteiger partial charge in [0.25, 0.3) is 0 Å². The van der Waals surface area contributed by atoms with Crippen molar-refractivity contribution in [1.82, 2.24) is 40.4 Å². The van der Waals surface area contributed by atoms with Crippen molar-refractivity contribution in [2.75, 3.05) is 46.3 Å². The van der Waals surface area contributed by atoms with E-state index in [0.29, 0.717) is 45.0 Å². The summed E-state index contributed by atoms with van der Waals surface area (Å²) in [5.41, 5.74) is 5.67. The van der Waals surface area contributed by atoms with Crippen LogP contribution in [0, 0.1) is 11.8 Å². The van der Waals surface area contributed by atoms with Gasteiger partial charge >= 0.3 is 12.2 Å². The number of carbonyl (C=O) groups is 4. The van der Waals surface area contributed by atoms with Gasteiger partial charge in [0.2, 0.25) is 11.8 Å². The molecule has 3 aromatic carbocycles. The predicted octanol–water partition coefficient (Wildman–Crippen LogP) is 6.54. The molecule has 0 unspecified atom stereocenters. The van der Waals surface area contributed by atoms with Crippen molar-refractivity contribution in [2.45, 2.75) is 63.0 Å². The van der Waals surface area contributed by atoms with E-state index in [1.54, 1.807) is 16.7 Å². The average Bonchev–Trinajstić information content (AvgIpc) is 4.10. The SMILES string of the molecule is COC(=O)N[C@H](C(=O)N1CCS[C@@H]1c1nc2c(ccc3cc(-c4ccc(-c5cnc([C@@H]6CCCN6C(=O)[C@@H](NC(=O)OC)C6CCOCC6)[nH]5)cc4)ccc32)[nH]1)C(C)C. The van der Waals surface area contributed by atoms with Crippen LogP contribution >= 0.6 is 11.8 Å². The molecular weight excluding hydrogens is 773 g/mol. The van der Waals surface area contributed by atoms with Crippen LogP contribution in [0.4, 0.5) is 9.59 Å². The van der Waals surface area contributed by atoms with E-state index in [-0.39, 0.29) is 35.1 Å². The molecule has 310 valence electrons. The number of thioether (sulfide) groups is 1. The van der Waals surface area contributed by atoms with E-state index >= 15 is 0 Å². The second-order valence-electron chi connectivity index (χ2n) is 15.6. The standard InChI is InChI=1S/C43H50N8O7S/c1-24(2)34(48-42(54)56-3)39(52)51-18-21-59-41(51)38-45-31-14-12-29-22-28(11-13-30(29)36(31)47-38)25-7-9-26(10-8-25)32-23-44-37(46-32)33-6-5-17-50(33)40(53)35(49-43(55)57-4)27-15-19-58-20-16-27/h7-14,22-24,27,33-35,41H,5-6,15-21H2,1-4H3,(H,44,46)(H,45,47)(H,48,54)(H,49,55)/t33-,34-,35-,41+/m0/s1. The first-order chi connectivity index (χ1) is 28.6. The summed E-state index contributed by atoms with van der Waals surface area (Å²) in [6.45, 7) is 6.06. The van der Waals surface area contributed by atoms with Gasteiger partial charge in [-0.1, -0.05) is 56.3 Å². The summed E-state index contributed by atoms with van der Waals surface area (Å²) in [5, 5.41) is 7.26. The van der Waals surface area contributed by atoms with Gasteiger partial charge in [0.05, 0.1) is 43.2 Å². The lowest BCUT2D eigenvalue weighted by Gasteiger charge is -2.34. The minimum atomic E-state index is -0.710. The lowest BCUT2D eigenvalue weighted by atomic mass is 9.90. The Morgan fingerprint density at radius 2 is 1.56 bits per heavy atom. The molecule has 0 spiro atoms. The monoisotopic (exact) mass is 822 g/mol. The highest BCUT2D eigenvalue weighted by Crippen LogP contribution is 2.40. The summed E-state index contributed by atoms with van der Waals surface area (Å²) in [5.74, 6) is 1.76. The van der Waals surface area contributed by atoms with Crippen LogP contribution in [0.5, 0.6) is 0 Å². The molecule has 4 atom stereocenters. The molecule has 15 nitrogen and oxygen atoms in total. The second-order valence-corrected chi connectivity index (χ2v) is 16.8. The van der Waals surface area contributed by atoms with Crippen molar-refractivity contribution in [1.29, 1.82) is 0 Å². The number of benzene rings is 3. The molecule has 0 aliphatic carbocycles. The van der Waals surface area contributed by atoms with Crippen molar-refractivity contribution in [3.8, 4) is 22.4 Å². The fourth-order valence-corrected chi connectivity index (χ4v) is 9.71. The first-order valence-electron chi connectivity index (χ1n) is 20.2. The molecule has 0 saturated carbocycles. The number of amides is 4. The van der Waals surface area contributed by atoms with Gasteiger partial charge in [0.15, 0.2) is 0 Å². The molecule has 2 aromatic heterocycles. The lowest BCUT2D eigenvalue weighted by molar-refractivity contribution is -0.137. The number of hydrogen-bond donors (Lipinski definition) is 4. The lowest BCUT2D eigenvalue weighted by Crippen LogP contribution is -2.53. The number of carbonyl (C=O) groups excluding carboxylic acids is 4. The Balaban J connectivity index is 0.974. The molecule has 4 amide bonds. The third kappa shape index (κ3) is 8.20. The maximum absolute atomic E-state index is 14.0. The van der Waals surface area contributed by atoms with E-state index in [0.717, 1.165) is 68.6 Å². The number of aromatic nitrogens is 4. The Hall–Kier alpha value is -5.61. The van der Waals surface area contributed by atoms with Crippen LogP contribution in [-0.2, 0) is 23.8 Å². The maximum Gasteiger partial charge on any atom is 0.407 e. The molecular formula is C43H50N8O7S. The number of likely N-dealkylation sites (tertiary alicyclic amines) is 1. The number of H-pyrrole nitrogens is 2. The summed E-state index contributed by atoms with van der Waals surface area (Å²) in [4.78, 5) is 72.3. The van der Waals surface area contributed by atoms with Crippen LogP contribution in [0.1, 0.15) is 62.6 Å². The Bertz CT molecular complexity index is 2340. The predicted molar refractivity (Wildman–Crippen MR) is 224 cm³/mol. The fraction of sp³-hybridized carbons (Fsp3) is 0.442. The van der Waals surface area contributed by atoms with Gasteiger partial charge in [-0.15, -0.1) is 11.8 Å².